The molecule has 0 saturated carbocycles. The number of aryl methyl sites for hydroxylation is 1. The molecule has 0 bridgehead atoms. The van der Waals surface area contributed by atoms with Crippen molar-refractivity contribution in [3.05, 3.63) is 10.7 Å². The number of rotatable bonds is 1. The minimum atomic E-state index is -0.666. The molecule has 0 unspecified atom stereocenters. The van der Waals surface area contributed by atoms with Gasteiger partial charge < -0.3 is 11.5 Å². The average Bonchev–Trinajstić information content (AvgIpc) is 2.07. The zero-order chi connectivity index (χ0) is 8.59. The number of aromatic nitrogens is 2. The van der Waals surface area contributed by atoms with Crippen LogP contribution in [0.1, 0.15) is 10.4 Å². The Bertz CT molecular complexity index is 306. The van der Waals surface area contributed by atoms with Crippen LogP contribution in [0.25, 0.3) is 0 Å². The first-order valence-corrected chi connectivity index (χ1v) is 3.19. The SMILES string of the molecule is Cn1nc(Cl)c(C(N)=O)c1N. The summed E-state index contributed by atoms with van der Waals surface area (Å²) in [4.78, 5) is 10.7. The molecular weight excluding hydrogens is 168 g/mol. The molecule has 11 heavy (non-hydrogen) atoms. The molecule has 1 amide bonds. The standard InChI is InChI=1S/C5H7ClN4O/c1-10-4(7)2(5(8)11)3(6)9-10/h7H2,1H3,(H2,8,11). The number of carbonyl (C=O) groups is 1. The molecule has 0 aromatic carbocycles. The van der Waals surface area contributed by atoms with Gasteiger partial charge in [0, 0.05) is 7.05 Å². The zero-order valence-electron chi connectivity index (χ0n) is 5.84. The summed E-state index contributed by atoms with van der Waals surface area (Å²) in [5.74, 6) is -0.483. The second-order valence-corrected chi connectivity index (χ2v) is 2.40. The molecule has 0 atom stereocenters. The van der Waals surface area contributed by atoms with E-state index in [2.05, 4.69) is 5.10 Å². The smallest absolute Gasteiger partial charge is 0.255 e. The molecule has 0 radical (unpaired) electrons. The van der Waals surface area contributed by atoms with Gasteiger partial charge in [-0.3, -0.25) is 9.48 Å². The zero-order valence-corrected chi connectivity index (χ0v) is 6.59. The molecule has 1 heterocycles. The van der Waals surface area contributed by atoms with Crippen LogP contribution in [0.4, 0.5) is 5.82 Å². The Morgan fingerprint density at radius 2 is 2.27 bits per heavy atom. The quantitative estimate of drug-likeness (QED) is 0.616. The van der Waals surface area contributed by atoms with Gasteiger partial charge in [-0.1, -0.05) is 11.6 Å². The molecule has 0 aliphatic carbocycles. The van der Waals surface area contributed by atoms with Crippen LogP contribution >= 0.6 is 11.6 Å². The van der Waals surface area contributed by atoms with Gasteiger partial charge in [-0.2, -0.15) is 5.10 Å². The Morgan fingerprint density at radius 1 is 1.73 bits per heavy atom. The highest BCUT2D eigenvalue weighted by Crippen LogP contribution is 2.19. The third kappa shape index (κ3) is 1.14. The van der Waals surface area contributed by atoms with E-state index in [1.807, 2.05) is 0 Å². The van der Waals surface area contributed by atoms with E-state index in [1.165, 1.54) is 4.68 Å². The molecule has 1 aromatic rings. The van der Waals surface area contributed by atoms with Crippen molar-refractivity contribution in [1.82, 2.24) is 9.78 Å². The van der Waals surface area contributed by atoms with Crippen LogP contribution in [-0.4, -0.2) is 15.7 Å². The predicted octanol–water partition coefficient (Wildman–Crippen LogP) is -0.245. The maximum atomic E-state index is 10.7. The second-order valence-electron chi connectivity index (χ2n) is 2.04. The molecule has 4 N–H and O–H groups in total. The summed E-state index contributed by atoms with van der Waals surface area (Å²) in [5, 5.41) is 3.73. The summed E-state index contributed by atoms with van der Waals surface area (Å²) in [6, 6.07) is 0. The third-order valence-electron chi connectivity index (χ3n) is 1.30. The van der Waals surface area contributed by atoms with Gasteiger partial charge >= 0.3 is 0 Å². The van der Waals surface area contributed by atoms with Crippen molar-refractivity contribution in [2.24, 2.45) is 12.8 Å². The number of carbonyl (C=O) groups excluding carboxylic acids is 1. The Labute approximate surface area is 67.9 Å². The van der Waals surface area contributed by atoms with E-state index in [-0.39, 0.29) is 16.5 Å². The monoisotopic (exact) mass is 174 g/mol. The lowest BCUT2D eigenvalue weighted by Gasteiger charge is -1.93. The van der Waals surface area contributed by atoms with Gasteiger partial charge in [-0.05, 0) is 0 Å². The van der Waals surface area contributed by atoms with Gasteiger partial charge in [-0.25, -0.2) is 0 Å². The summed E-state index contributed by atoms with van der Waals surface area (Å²) in [7, 11) is 1.58. The number of halogens is 1. The van der Waals surface area contributed by atoms with Crippen molar-refractivity contribution >= 4 is 23.3 Å². The highest BCUT2D eigenvalue weighted by molar-refractivity contribution is 6.33. The van der Waals surface area contributed by atoms with Crippen LogP contribution in [0.3, 0.4) is 0 Å². The van der Waals surface area contributed by atoms with Gasteiger partial charge in [0.25, 0.3) is 5.91 Å². The molecular formula is C5H7ClN4O. The summed E-state index contributed by atoms with van der Waals surface area (Å²) in [6.45, 7) is 0. The van der Waals surface area contributed by atoms with E-state index in [4.69, 9.17) is 23.1 Å². The first-order valence-electron chi connectivity index (χ1n) is 2.81. The van der Waals surface area contributed by atoms with E-state index < -0.39 is 5.91 Å². The van der Waals surface area contributed by atoms with Crippen molar-refractivity contribution in [3.8, 4) is 0 Å². The number of hydrogen-bond acceptors (Lipinski definition) is 3. The molecule has 60 valence electrons. The van der Waals surface area contributed by atoms with Crippen LogP contribution in [0.2, 0.25) is 5.15 Å². The van der Waals surface area contributed by atoms with Crippen molar-refractivity contribution in [3.63, 3.8) is 0 Å². The predicted molar refractivity (Wildman–Crippen MR) is 41.1 cm³/mol. The van der Waals surface area contributed by atoms with Crippen molar-refractivity contribution in [2.75, 3.05) is 5.73 Å². The Morgan fingerprint density at radius 3 is 2.45 bits per heavy atom. The first kappa shape index (κ1) is 7.87. The minimum Gasteiger partial charge on any atom is -0.383 e. The fraction of sp³-hybridized carbons (Fsp3) is 0.200. The van der Waals surface area contributed by atoms with Gasteiger partial charge in [0.1, 0.15) is 11.4 Å². The van der Waals surface area contributed by atoms with Crippen LogP contribution in [0.15, 0.2) is 0 Å². The summed E-state index contributed by atoms with van der Waals surface area (Å²) in [6.07, 6.45) is 0. The van der Waals surface area contributed by atoms with Gasteiger partial charge in [0.05, 0.1) is 0 Å². The first-order chi connectivity index (χ1) is 5.04. The minimum absolute atomic E-state index is 0.0394. The molecule has 1 aromatic heterocycles. The number of hydrogen-bond donors (Lipinski definition) is 2. The number of nitrogens with two attached hydrogens (primary N) is 2. The Balaban J connectivity index is 3.34. The molecule has 0 aliphatic heterocycles. The van der Waals surface area contributed by atoms with Crippen LogP contribution < -0.4 is 11.5 Å². The fourth-order valence-corrected chi connectivity index (χ4v) is 1.03. The lowest BCUT2D eigenvalue weighted by molar-refractivity contribution is 0.100. The lowest BCUT2D eigenvalue weighted by Crippen LogP contribution is -2.13. The topological polar surface area (TPSA) is 86.9 Å². The maximum Gasteiger partial charge on any atom is 0.255 e. The molecule has 1 rings (SSSR count). The molecule has 0 aliphatic rings. The number of amides is 1. The van der Waals surface area contributed by atoms with E-state index in [0.29, 0.717) is 0 Å². The summed E-state index contributed by atoms with van der Waals surface area (Å²) >= 11 is 5.53. The normalized spacial score (nSPS) is 10.0. The molecule has 0 saturated heterocycles. The number of nitrogen functional groups attached to an aromatic ring is 1. The summed E-state index contributed by atoms with van der Waals surface area (Å²) in [5.41, 5.74) is 10.5. The Kier molecular flexibility index (Phi) is 1.74. The molecule has 0 fully saturated rings. The van der Waals surface area contributed by atoms with Crippen LogP contribution in [0, 0.1) is 0 Å². The molecule has 5 nitrogen and oxygen atoms in total. The number of anilines is 1. The highest BCUT2D eigenvalue weighted by Gasteiger charge is 2.16. The lowest BCUT2D eigenvalue weighted by atomic mass is 10.3. The summed E-state index contributed by atoms with van der Waals surface area (Å²) < 4.78 is 1.29. The van der Waals surface area contributed by atoms with Gasteiger partial charge in [0.15, 0.2) is 5.15 Å². The van der Waals surface area contributed by atoms with Crippen LogP contribution in [0.5, 0.6) is 0 Å². The third-order valence-corrected chi connectivity index (χ3v) is 1.56. The second kappa shape index (κ2) is 2.43. The van der Waals surface area contributed by atoms with Gasteiger partial charge in [0.2, 0.25) is 0 Å². The van der Waals surface area contributed by atoms with Gasteiger partial charge in [-0.15, -0.1) is 0 Å². The molecule has 0 spiro atoms. The van der Waals surface area contributed by atoms with E-state index in [9.17, 15) is 4.79 Å². The largest absolute Gasteiger partial charge is 0.383 e. The van der Waals surface area contributed by atoms with Crippen molar-refractivity contribution < 1.29 is 4.79 Å². The van der Waals surface area contributed by atoms with E-state index in [0.717, 1.165) is 0 Å². The number of primary amides is 1. The van der Waals surface area contributed by atoms with E-state index >= 15 is 0 Å². The maximum absolute atomic E-state index is 10.7. The highest BCUT2D eigenvalue weighted by atomic mass is 35.5. The molecule has 6 heteroatoms. The Hall–Kier alpha value is -1.23. The average molecular weight is 175 g/mol. The van der Waals surface area contributed by atoms with Crippen molar-refractivity contribution in [2.45, 2.75) is 0 Å². The fourth-order valence-electron chi connectivity index (χ4n) is 0.731. The van der Waals surface area contributed by atoms with Crippen LogP contribution in [-0.2, 0) is 7.05 Å². The van der Waals surface area contributed by atoms with E-state index in [1.54, 1.807) is 7.05 Å². The number of nitrogens with zero attached hydrogens (tertiary/aromatic N) is 2. The van der Waals surface area contributed by atoms with Crippen molar-refractivity contribution in [1.29, 1.82) is 0 Å².